The zero-order valence-corrected chi connectivity index (χ0v) is 16.5. The number of carbonyl (C=O) groups is 1. The van der Waals surface area contributed by atoms with E-state index in [1.54, 1.807) is 10.7 Å². The van der Waals surface area contributed by atoms with Crippen molar-refractivity contribution in [2.45, 2.75) is 46.2 Å². The van der Waals surface area contributed by atoms with Crippen LogP contribution in [0.5, 0.6) is 0 Å². The van der Waals surface area contributed by atoms with E-state index in [1.165, 1.54) is 16.9 Å². The van der Waals surface area contributed by atoms with Crippen molar-refractivity contribution in [2.75, 3.05) is 0 Å². The predicted octanol–water partition coefficient (Wildman–Crippen LogP) is 4.53. The smallest absolute Gasteiger partial charge is 0.300 e. The number of rotatable bonds is 5. The van der Waals surface area contributed by atoms with Gasteiger partial charge in [-0.25, -0.2) is 0 Å². The molecule has 0 saturated heterocycles. The van der Waals surface area contributed by atoms with Crippen LogP contribution in [0, 0.1) is 0 Å². The van der Waals surface area contributed by atoms with Gasteiger partial charge in [0, 0.05) is 18.8 Å². The third kappa shape index (κ3) is 3.55. The third-order valence-electron chi connectivity index (χ3n) is 4.24. The zero-order valence-electron chi connectivity index (χ0n) is 15.6. The van der Waals surface area contributed by atoms with Gasteiger partial charge in [-0.2, -0.15) is 10.1 Å². The Morgan fingerprint density at radius 2 is 2.08 bits per heavy atom. The summed E-state index contributed by atoms with van der Waals surface area (Å²) in [5.74, 6) is 0.134. The van der Waals surface area contributed by atoms with Gasteiger partial charge in [0.15, 0.2) is 10.5 Å². The molecule has 0 aliphatic rings. The standard InChI is InChI=1S/C20H24N4OS/c1-6-10-23-17-8-7-15(13(2)3)12-18(17)26-20(23)21-19(25)16-9-11-24(22-16)14(4)5/h6-9,11-14H,1,10H2,2-5H3. The van der Waals surface area contributed by atoms with Gasteiger partial charge in [-0.15, -0.1) is 6.58 Å². The Morgan fingerprint density at radius 1 is 1.31 bits per heavy atom. The lowest BCUT2D eigenvalue weighted by atomic mass is 10.0. The van der Waals surface area contributed by atoms with Gasteiger partial charge in [0.1, 0.15) is 0 Å². The molecule has 0 aliphatic carbocycles. The Labute approximate surface area is 157 Å². The number of hydrogen-bond donors (Lipinski definition) is 0. The lowest BCUT2D eigenvalue weighted by molar-refractivity contribution is 0.0992. The van der Waals surface area contributed by atoms with Crippen LogP contribution >= 0.6 is 11.3 Å². The van der Waals surface area contributed by atoms with E-state index in [2.05, 4.69) is 48.7 Å². The Kier molecular flexibility index (Phi) is 5.23. The van der Waals surface area contributed by atoms with Crippen molar-refractivity contribution in [3.8, 4) is 0 Å². The van der Waals surface area contributed by atoms with E-state index in [1.807, 2.05) is 30.7 Å². The molecule has 0 bridgehead atoms. The highest BCUT2D eigenvalue weighted by atomic mass is 32.1. The fourth-order valence-corrected chi connectivity index (χ4v) is 3.81. The number of benzene rings is 1. The maximum atomic E-state index is 12.6. The summed E-state index contributed by atoms with van der Waals surface area (Å²) in [6.45, 7) is 12.8. The van der Waals surface area contributed by atoms with E-state index in [0.717, 1.165) is 10.2 Å². The Balaban J connectivity index is 2.09. The van der Waals surface area contributed by atoms with E-state index in [4.69, 9.17) is 0 Å². The van der Waals surface area contributed by atoms with E-state index in [-0.39, 0.29) is 11.9 Å². The molecule has 0 saturated carbocycles. The average Bonchev–Trinajstić information content (AvgIpc) is 3.20. The van der Waals surface area contributed by atoms with Crippen molar-refractivity contribution in [3.63, 3.8) is 0 Å². The second kappa shape index (κ2) is 7.41. The molecule has 3 aromatic rings. The van der Waals surface area contributed by atoms with Crippen molar-refractivity contribution in [2.24, 2.45) is 4.99 Å². The van der Waals surface area contributed by atoms with Crippen molar-refractivity contribution in [1.29, 1.82) is 0 Å². The monoisotopic (exact) mass is 368 g/mol. The molecule has 0 radical (unpaired) electrons. The summed E-state index contributed by atoms with van der Waals surface area (Å²) in [7, 11) is 0. The molecule has 2 aromatic heterocycles. The second-order valence-electron chi connectivity index (χ2n) is 6.86. The van der Waals surface area contributed by atoms with Gasteiger partial charge in [-0.1, -0.05) is 37.3 Å². The van der Waals surface area contributed by atoms with E-state index < -0.39 is 0 Å². The van der Waals surface area contributed by atoms with Crippen LogP contribution in [-0.4, -0.2) is 20.3 Å². The molecular formula is C20H24N4OS. The lowest BCUT2D eigenvalue weighted by Gasteiger charge is -2.05. The highest BCUT2D eigenvalue weighted by Crippen LogP contribution is 2.23. The Morgan fingerprint density at radius 3 is 2.69 bits per heavy atom. The SMILES string of the molecule is C=CCn1c(=NC(=O)c2ccn(C(C)C)n2)sc2cc(C(C)C)ccc21. The minimum absolute atomic E-state index is 0.209. The molecular weight excluding hydrogens is 344 g/mol. The van der Waals surface area contributed by atoms with Crippen LogP contribution in [0.1, 0.15) is 55.7 Å². The Bertz CT molecular complexity index is 1020. The topological polar surface area (TPSA) is 52.2 Å². The summed E-state index contributed by atoms with van der Waals surface area (Å²) in [6.07, 6.45) is 3.63. The minimum Gasteiger partial charge on any atom is -0.312 e. The molecule has 1 aromatic carbocycles. The van der Waals surface area contributed by atoms with Crippen LogP contribution in [-0.2, 0) is 6.54 Å². The van der Waals surface area contributed by atoms with Gasteiger partial charge in [0.25, 0.3) is 5.91 Å². The number of aromatic nitrogens is 3. The maximum absolute atomic E-state index is 12.6. The fourth-order valence-electron chi connectivity index (χ4n) is 2.72. The van der Waals surface area contributed by atoms with Crippen molar-refractivity contribution < 1.29 is 4.79 Å². The van der Waals surface area contributed by atoms with Gasteiger partial charge in [0.2, 0.25) is 0 Å². The van der Waals surface area contributed by atoms with Gasteiger partial charge < -0.3 is 4.57 Å². The number of allylic oxidation sites excluding steroid dienone is 1. The zero-order chi connectivity index (χ0) is 18.8. The first-order valence-corrected chi connectivity index (χ1v) is 9.60. The second-order valence-corrected chi connectivity index (χ2v) is 7.87. The number of fused-ring (bicyclic) bond motifs is 1. The summed E-state index contributed by atoms with van der Waals surface area (Å²) in [6, 6.07) is 8.34. The summed E-state index contributed by atoms with van der Waals surface area (Å²) in [5, 5.41) is 4.32. The minimum atomic E-state index is -0.321. The van der Waals surface area contributed by atoms with Crippen LogP contribution in [0.3, 0.4) is 0 Å². The van der Waals surface area contributed by atoms with E-state index in [0.29, 0.717) is 23.0 Å². The molecule has 0 spiro atoms. The molecule has 0 aliphatic heterocycles. The average molecular weight is 369 g/mol. The number of thiazole rings is 1. The summed E-state index contributed by atoms with van der Waals surface area (Å²) >= 11 is 1.52. The fraction of sp³-hybridized carbons (Fsp3) is 0.350. The van der Waals surface area contributed by atoms with Crippen molar-refractivity contribution in [1.82, 2.24) is 14.3 Å². The summed E-state index contributed by atoms with van der Waals surface area (Å²) in [4.78, 5) is 17.6. The van der Waals surface area contributed by atoms with Gasteiger partial charge in [0.05, 0.1) is 10.2 Å². The van der Waals surface area contributed by atoms with Crippen LogP contribution in [0.25, 0.3) is 10.2 Å². The number of carbonyl (C=O) groups excluding carboxylic acids is 1. The maximum Gasteiger partial charge on any atom is 0.300 e. The molecule has 2 heterocycles. The molecule has 1 amide bonds. The first-order valence-electron chi connectivity index (χ1n) is 8.79. The van der Waals surface area contributed by atoms with Crippen LogP contribution in [0.15, 0.2) is 48.1 Å². The number of nitrogens with zero attached hydrogens (tertiary/aromatic N) is 4. The van der Waals surface area contributed by atoms with Crippen molar-refractivity contribution in [3.05, 3.63) is 59.2 Å². The summed E-state index contributed by atoms with van der Waals surface area (Å²) < 4.78 is 4.91. The first kappa shape index (κ1) is 18.3. The van der Waals surface area contributed by atoms with Crippen LogP contribution < -0.4 is 4.80 Å². The highest BCUT2D eigenvalue weighted by molar-refractivity contribution is 7.16. The predicted molar refractivity (Wildman–Crippen MR) is 107 cm³/mol. The van der Waals surface area contributed by atoms with Gasteiger partial charge in [-0.3, -0.25) is 9.48 Å². The molecule has 26 heavy (non-hydrogen) atoms. The lowest BCUT2D eigenvalue weighted by Crippen LogP contribution is -2.16. The van der Waals surface area contributed by atoms with E-state index in [9.17, 15) is 4.79 Å². The number of amides is 1. The molecule has 5 nitrogen and oxygen atoms in total. The molecule has 0 N–H and O–H groups in total. The van der Waals surface area contributed by atoms with Gasteiger partial charge in [-0.05, 0) is 43.5 Å². The van der Waals surface area contributed by atoms with Crippen molar-refractivity contribution >= 4 is 27.5 Å². The first-order chi connectivity index (χ1) is 12.4. The molecule has 0 unspecified atom stereocenters. The largest absolute Gasteiger partial charge is 0.312 e. The van der Waals surface area contributed by atoms with Crippen LogP contribution in [0.4, 0.5) is 0 Å². The number of hydrogen-bond acceptors (Lipinski definition) is 3. The molecule has 136 valence electrons. The molecule has 3 rings (SSSR count). The normalized spacial score (nSPS) is 12.5. The van der Waals surface area contributed by atoms with E-state index >= 15 is 0 Å². The third-order valence-corrected chi connectivity index (χ3v) is 5.28. The molecule has 0 fully saturated rings. The molecule has 0 atom stereocenters. The Hall–Kier alpha value is -2.47. The highest BCUT2D eigenvalue weighted by Gasteiger charge is 2.12. The van der Waals surface area contributed by atoms with Gasteiger partial charge >= 0.3 is 0 Å². The summed E-state index contributed by atoms with van der Waals surface area (Å²) in [5.41, 5.74) is 2.71. The molecule has 6 heteroatoms. The quantitative estimate of drug-likeness (QED) is 0.621. The van der Waals surface area contributed by atoms with Crippen LogP contribution in [0.2, 0.25) is 0 Å².